The molecule has 0 fully saturated rings. The van der Waals surface area contributed by atoms with Crippen LogP contribution in [0.4, 0.5) is 5.13 Å². The normalized spacial score (nSPS) is 11.9. The van der Waals surface area contributed by atoms with Gasteiger partial charge in [0, 0.05) is 37.7 Å². The average molecular weight is 420 g/mol. The molecule has 0 aliphatic heterocycles. The molecule has 1 unspecified atom stereocenters. The van der Waals surface area contributed by atoms with E-state index in [-0.39, 0.29) is 5.91 Å². The Bertz CT molecular complexity index is 1090. The first-order chi connectivity index (χ1) is 14.7. The summed E-state index contributed by atoms with van der Waals surface area (Å²) in [6.45, 7) is 0.490. The van der Waals surface area contributed by atoms with Gasteiger partial charge in [-0.15, -0.1) is 10.2 Å². The Morgan fingerprint density at radius 3 is 2.67 bits per heavy atom. The second kappa shape index (κ2) is 9.38. The average Bonchev–Trinajstić information content (AvgIpc) is 3.41. The van der Waals surface area contributed by atoms with Crippen molar-refractivity contribution in [2.45, 2.75) is 19.0 Å². The minimum atomic E-state index is -0.442. The molecule has 0 saturated heterocycles. The highest BCUT2D eigenvalue weighted by Crippen LogP contribution is 2.25. The fraction of sp³-hybridized carbons (Fsp3) is 0.190. The molecule has 30 heavy (non-hydrogen) atoms. The summed E-state index contributed by atoms with van der Waals surface area (Å²) in [7, 11) is 1.92. The number of aryl methyl sites for hydroxylation is 1. The lowest BCUT2D eigenvalue weighted by Gasteiger charge is -2.17. The summed E-state index contributed by atoms with van der Waals surface area (Å²) >= 11 is 1.33. The van der Waals surface area contributed by atoms with Gasteiger partial charge in [0.1, 0.15) is 5.01 Å². The predicted octanol–water partition coefficient (Wildman–Crippen LogP) is 2.67. The molecule has 152 valence electrons. The van der Waals surface area contributed by atoms with Crippen LogP contribution in [0.1, 0.15) is 11.3 Å². The van der Waals surface area contributed by atoms with Crippen molar-refractivity contribution in [1.82, 2.24) is 30.0 Å². The van der Waals surface area contributed by atoms with Crippen molar-refractivity contribution in [3.8, 4) is 10.6 Å². The number of anilines is 1. The largest absolute Gasteiger partial charge is 0.340 e. The van der Waals surface area contributed by atoms with E-state index in [2.05, 4.69) is 30.8 Å². The lowest BCUT2D eigenvalue weighted by atomic mass is 10.1. The zero-order valence-corrected chi connectivity index (χ0v) is 17.2. The number of hydrogen-bond acceptors (Lipinski definition) is 7. The number of imidazole rings is 1. The molecule has 3 heterocycles. The molecule has 9 heteroatoms. The van der Waals surface area contributed by atoms with Crippen LogP contribution in [-0.2, 0) is 24.8 Å². The van der Waals surface area contributed by atoms with Gasteiger partial charge in [-0.25, -0.2) is 4.98 Å². The first-order valence-electron chi connectivity index (χ1n) is 9.46. The van der Waals surface area contributed by atoms with Crippen LogP contribution in [0.15, 0.2) is 67.4 Å². The topological polar surface area (TPSA) is 97.6 Å². The quantitative estimate of drug-likeness (QED) is 0.456. The summed E-state index contributed by atoms with van der Waals surface area (Å²) in [5.74, 6) is -0.160. The van der Waals surface area contributed by atoms with Gasteiger partial charge in [-0.3, -0.25) is 20.4 Å². The molecule has 1 aromatic carbocycles. The highest BCUT2D eigenvalue weighted by atomic mass is 32.1. The Labute approximate surface area is 178 Å². The third-order valence-corrected chi connectivity index (χ3v) is 5.36. The van der Waals surface area contributed by atoms with E-state index in [9.17, 15) is 4.79 Å². The molecular weight excluding hydrogens is 398 g/mol. The molecule has 4 aromatic rings. The van der Waals surface area contributed by atoms with Crippen molar-refractivity contribution in [1.29, 1.82) is 0 Å². The lowest BCUT2D eigenvalue weighted by Crippen LogP contribution is -2.41. The molecular formula is C21H21N7OS. The second-order valence-electron chi connectivity index (χ2n) is 6.79. The number of nitrogens with one attached hydrogen (secondary N) is 2. The summed E-state index contributed by atoms with van der Waals surface area (Å²) in [6, 6.07) is 13.2. The van der Waals surface area contributed by atoms with E-state index in [1.54, 1.807) is 18.7 Å². The number of nitrogens with zero attached hydrogens (tertiary/aromatic N) is 5. The van der Waals surface area contributed by atoms with Gasteiger partial charge >= 0.3 is 0 Å². The van der Waals surface area contributed by atoms with Gasteiger partial charge in [-0.1, -0.05) is 41.7 Å². The Balaban J connectivity index is 1.46. The Kier molecular flexibility index (Phi) is 6.21. The molecule has 0 radical (unpaired) electrons. The maximum Gasteiger partial charge on any atom is 0.243 e. The highest BCUT2D eigenvalue weighted by molar-refractivity contribution is 7.18. The number of amides is 1. The van der Waals surface area contributed by atoms with Crippen molar-refractivity contribution in [2.24, 2.45) is 7.05 Å². The van der Waals surface area contributed by atoms with Gasteiger partial charge in [-0.05, 0) is 24.1 Å². The van der Waals surface area contributed by atoms with E-state index in [0.717, 1.165) is 21.8 Å². The molecule has 2 N–H and O–H groups in total. The van der Waals surface area contributed by atoms with Crippen molar-refractivity contribution >= 4 is 22.4 Å². The molecule has 0 bridgehead atoms. The van der Waals surface area contributed by atoms with Crippen LogP contribution in [0.2, 0.25) is 0 Å². The van der Waals surface area contributed by atoms with Gasteiger partial charge in [0.05, 0.1) is 18.1 Å². The fourth-order valence-corrected chi connectivity index (χ4v) is 3.72. The summed E-state index contributed by atoms with van der Waals surface area (Å²) in [5.41, 5.74) is 2.86. The molecule has 0 aliphatic rings. The third kappa shape index (κ3) is 5.13. The zero-order chi connectivity index (χ0) is 20.8. The SMILES string of the molecule is Cn1cnc(CNC(Cc2ccccc2)C(=O)Nc2nnc(-c3ccncc3)s2)c1. The molecule has 3 aromatic heterocycles. The lowest BCUT2D eigenvalue weighted by molar-refractivity contribution is -0.118. The summed E-state index contributed by atoms with van der Waals surface area (Å²) in [6.07, 6.45) is 7.62. The Hall–Kier alpha value is -3.43. The monoisotopic (exact) mass is 419 g/mol. The number of pyridine rings is 1. The first-order valence-corrected chi connectivity index (χ1v) is 10.3. The van der Waals surface area contributed by atoms with Crippen LogP contribution in [0.3, 0.4) is 0 Å². The van der Waals surface area contributed by atoms with Gasteiger partial charge in [0.25, 0.3) is 0 Å². The third-order valence-electron chi connectivity index (χ3n) is 4.47. The first kappa shape index (κ1) is 19.9. The van der Waals surface area contributed by atoms with Gasteiger partial charge in [-0.2, -0.15) is 0 Å². The van der Waals surface area contributed by atoms with Crippen molar-refractivity contribution in [3.05, 3.63) is 78.6 Å². The number of benzene rings is 1. The molecule has 1 amide bonds. The minimum Gasteiger partial charge on any atom is -0.340 e. The number of carbonyl (C=O) groups is 1. The maximum atomic E-state index is 13.0. The predicted molar refractivity (Wildman–Crippen MR) is 116 cm³/mol. The van der Waals surface area contributed by atoms with E-state index < -0.39 is 6.04 Å². The van der Waals surface area contributed by atoms with E-state index in [1.807, 2.05) is 60.3 Å². The van der Waals surface area contributed by atoms with E-state index >= 15 is 0 Å². The van der Waals surface area contributed by atoms with Crippen molar-refractivity contribution < 1.29 is 4.79 Å². The number of aromatic nitrogens is 5. The minimum absolute atomic E-state index is 0.160. The van der Waals surface area contributed by atoms with Gasteiger partial charge in [0.2, 0.25) is 11.0 Å². The van der Waals surface area contributed by atoms with E-state index in [4.69, 9.17) is 0 Å². The maximum absolute atomic E-state index is 13.0. The Morgan fingerprint density at radius 1 is 1.13 bits per heavy atom. The summed E-state index contributed by atoms with van der Waals surface area (Å²) < 4.78 is 1.88. The van der Waals surface area contributed by atoms with Crippen LogP contribution in [0.5, 0.6) is 0 Å². The molecule has 1 atom stereocenters. The van der Waals surface area contributed by atoms with Crippen LogP contribution < -0.4 is 10.6 Å². The zero-order valence-electron chi connectivity index (χ0n) is 16.4. The van der Waals surface area contributed by atoms with Crippen LogP contribution in [-0.4, -0.2) is 36.7 Å². The van der Waals surface area contributed by atoms with Crippen molar-refractivity contribution in [3.63, 3.8) is 0 Å². The van der Waals surface area contributed by atoms with E-state index in [0.29, 0.717) is 18.1 Å². The van der Waals surface area contributed by atoms with Crippen LogP contribution in [0, 0.1) is 0 Å². The highest BCUT2D eigenvalue weighted by Gasteiger charge is 2.21. The van der Waals surface area contributed by atoms with Crippen molar-refractivity contribution in [2.75, 3.05) is 5.32 Å². The molecule has 8 nitrogen and oxygen atoms in total. The number of rotatable bonds is 8. The van der Waals surface area contributed by atoms with Gasteiger partial charge in [0.15, 0.2) is 0 Å². The summed E-state index contributed by atoms with van der Waals surface area (Å²) in [4.78, 5) is 21.3. The fourth-order valence-electron chi connectivity index (χ4n) is 2.97. The van der Waals surface area contributed by atoms with Crippen LogP contribution >= 0.6 is 11.3 Å². The van der Waals surface area contributed by atoms with Gasteiger partial charge < -0.3 is 4.57 Å². The molecule has 4 rings (SSSR count). The molecule has 0 spiro atoms. The number of carbonyl (C=O) groups excluding carboxylic acids is 1. The second-order valence-corrected chi connectivity index (χ2v) is 7.77. The number of hydrogen-bond donors (Lipinski definition) is 2. The molecule has 0 saturated carbocycles. The standard InChI is InChI=1S/C21H21N7OS/c1-28-13-17(24-14-28)12-23-18(11-15-5-3-2-4-6-15)19(29)25-21-27-26-20(30-21)16-7-9-22-10-8-16/h2-10,13-14,18,23H,11-12H2,1H3,(H,25,27,29). The Morgan fingerprint density at radius 2 is 1.93 bits per heavy atom. The molecule has 0 aliphatic carbocycles. The van der Waals surface area contributed by atoms with E-state index in [1.165, 1.54) is 11.3 Å². The van der Waals surface area contributed by atoms with Crippen LogP contribution in [0.25, 0.3) is 10.6 Å². The smallest absolute Gasteiger partial charge is 0.243 e. The summed E-state index contributed by atoms with van der Waals surface area (Å²) in [5, 5.41) is 15.7.